The van der Waals surface area contributed by atoms with E-state index >= 15 is 0 Å². The van der Waals surface area contributed by atoms with Crippen molar-refractivity contribution >= 4 is 5.91 Å². The highest BCUT2D eigenvalue weighted by Gasteiger charge is 2.11. The summed E-state index contributed by atoms with van der Waals surface area (Å²) in [4.78, 5) is 16.5. The lowest BCUT2D eigenvalue weighted by molar-refractivity contribution is 0.0950. The van der Waals surface area contributed by atoms with Crippen LogP contribution >= 0.6 is 0 Å². The van der Waals surface area contributed by atoms with Crippen LogP contribution in [0.2, 0.25) is 0 Å². The van der Waals surface area contributed by atoms with E-state index in [0.717, 1.165) is 16.8 Å². The maximum atomic E-state index is 13.2. The maximum Gasteiger partial charge on any atom is 0.251 e. The molecule has 0 spiro atoms. The quantitative estimate of drug-likeness (QED) is 0.805. The molecular formula is C17H15FN4O. The number of benzene rings is 1. The van der Waals surface area contributed by atoms with Crippen LogP contribution < -0.4 is 5.32 Å². The van der Waals surface area contributed by atoms with Crippen molar-refractivity contribution in [2.45, 2.75) is 6.54 Å². The van der Waals surface area contributed by atoms with Crippen LogP contribution in [0, 0.1) is 5.82 Å². The highest BCUT2D eigenvalue weighted by Crippen LogP contribution is 2.20. The number of hydrogen-bond acceptors (Lipinski definition) is 3. The molecular weight excluding hydrogens is 295 g/mol. The van der Waals surface area contributed by atoms with Crippen molar-refractivity contribution in [1.82, 2.24) is 20.1 Å². The summed E-state index contributed by atoms with van der Waals surface area (Å²) in [5.41, 5.74) is 2.80. The van der Waals surface area contributed by atoms with Crippen molar-refractivity contribution in [3.05, 3.63) is 71.9 Å². The highest BCUT2D eigenvalue weighted by atomic mass is 19.1. The van der Waals surface area contributed by atoms with E-state index in [0.29, 0.717) is 6.54 Å². The van der Waals surface area contributed by atoms with Crippen LogP contribution in [-0.2, 0) is 13.6 Å². The topological polar surface area (TPSA) is 59.8 Å². The Morgan fingerprint density at radius 2 is 2.17 bits per heavy atom. The van der Waals surface area contributed by atoms with Crippen LogP contribution in [0.1, 0.15) is 15.9 Å². The SMILES string of the molecule is Cn1cc(-c2ncccc2CNC(=O)c2cccc(F)c2)cn1. The van der Waals surface area contributed by atoms with E-state index in [2.05, 4.69) is 15.4 Å². The molecule has 0 bridgehead atoms. The molecule has 0 aliphatic heterocycles. The minimum Gasteiger partial charge on any atom is -0.348 e. The summed E-state index contributed by atoms with van der Waals surface area (Å²) in [6, 6.07) is 9.29. The molecule has 5 nitrogen and oxygen atoms in total. The van der Waals surface area contributed by atoms with Gasteiger partial charge in [-0.3, -0.25) is 14.5 Å². The van der Waals surface area contributed by atoms with Crippen LogP contribution in [0.15, 0.2) is 55.0 Å². The first kappa shape index (κ1) is 14.9. The predicted molar refractivity (Wildman–Crippen MR) is 84.0 cm³/mol. The average Bonchev–Trinajstić information content (AvgIpc) is 2.99. The van der Waals surface area contributed by atoms with Gasteiger partial charge in [0.2, 0.25) is 0 Å². The zero-order valence-electron chi connectivity index (χ0n) is 12.5. The Kier molecular flexibility index (Phi) is 4.14. The Morgan fingerprint density at radius 1 is 1.30 bits per heavy atom. The van der Waals surface area contributed by atoms with Gasteiger partial charge in [0.05, 0.1) is 11.9 Å². The number of carbonyl (C=O) groups is 1. The van der Waals surface area contributed by atoms with Gasteiger partial charge in [-0.05, 0) is 29.8 Å². The number of halogens is 1. The molecule has 3 rings (SSSR count). The number of hydrogen-bond donors (Lipinski definition) is 1. The molecule has 1 aromatic carbocycles. The standard InChI is InChI=1S/C17H15FN4O/c1-22-11-14(10-21-22)16-13(5-3-7-19-16)9-20-17(23)12-4-2-6-15(18)8-12/h2-8,10-11H,9H2,1H3,(H,20,23). The van der Waals surface area contributed by atoms with Gasteiger partial charge >= 0.3 is 0 Å². The molecule has 0 aliphatic carbocycles. The zero-order chi connectivity index (χ0) is 16.2. The first-order chi connectivity index (χ1) is 11.1. The fraction of sp³-hybridized carbons (Fsp3) is 0.118. The molecule has 1 amide bonds. The molecule has 0 atom stereocenters. The lowest BCUT2D eigenvalue weighted by atomic mass is 10.1. The van der Waals surface area contributed by atoms with Gasteiger partial charge in [-0.1, -0.05) is 12.1 Å². The van der Waals surface area contributed by atoms with E-state index in [9.17, 15) is 9.18 Å². The summed E-state index contributed by atoms with van der Waals surface area (Å²) >= 11 is 0. The Labute approximate surface area is 132 Å². The molecule has 6 heteroatoms. The normalized spacial score (nSPS) is 10.5. The molecule has 1 N–H and O–H groups in total. The van der Waals surface area contributed by atoms with E-state index < -0.39 is 5.82 Å². The Bertz CT molecular complexity index is 844. The number of nitrogens with zero attached hydrogens (tertiary/aromatic N) is 3. The van der Waals surface area contributed by atoms with Gasteiger partial charge in [0.15, 0.2) is 0 Å². The second-order valence-corrected chi connectivity index (χ2v) is 5.11. The fourth-order valence-electron chi connectivity index (χ4n) is 2.29. The molecule has 0 fully saturated rings. The van der Waals surface area contributed by atoms with Crippen molar-refractivity contribution in [2.75, 3.05) is 0 Å². The van der Waals surface area contributed by atoms with Gasteiger partial charge in [-0.15, -0.1) is 0 Å². The third-order valence-electron chi connectivity index (χ3n) is 3.40. The average molecular weight is 310 g/mol. The summed E-state index contributed by atoms with van der Waals surface area (Å²) in [6.07, 6.45) is 5.28. The first-order valence-corrected chi connectivity index (χ1v) is 7.10. The monoisotopic (exact) mass is 310 g/mol. The Morgan fingerprint density at radius 3 is 2.91 bits per heavy atom. The van der Waals surface area contributed by atoms with E-state index in [-0.39, 0.29) is 11.5 Å². The number of carbonyl (C=O) groups excluding carboxylic acids is 1. The lowest BCUT2D eigenvalue weighted by Crippen LogP contribution is -2.23. The minimum atomic E-state index is -0.435. The van der Waals surface area contributed by atoms with Gasteiger partial charge in [-0.2, -0.15) is 5.10 Å². The predicted octanol–water partition coefficient (Wildman–Crippen LogP) is 2.55. The van der Waals surface area contributed by atoms with Gasteiger partial charge in [0.1, 0.15) is 5.82 Å². The summed E-state index contributed by atoms with van der Waals surface area (Å²) in [6.45, 7) is 0.299. The fourth-order valence-corrected chi connectivity index (χ4v) is 2.29. The van der Waals surface area contributed by atoms with E-state index in [1.807, 2.05) is 25.4 Å². The first-order valence-electron chi connectivity index (χ1n) is 7.10. The number of amides is 1. The maximum absolute atomic E-state index is 13.2. The largest absolute Gasteiger partial charge is 0.348 e. The Balaban J connectivity index is 1.77. The smallest absolute Gasteiger partial charge is 0.251 e. The van der Waals surface area contributed by atoms with Gasteiger partial charge in [-0.25, -0.2) is 4.39 Å². The van der Waals surface area contributed by atoms with Crippen molar-refractivity contribution in [3.8, 4) is 11.3 Å². The molecule has 0 saturated carbocycles. The summed E-state index contributed by atoms with van der Waals surface area (Å²) in [5.74, 6) is -0.763. The number of rotatable bonds is 4. The molecule has 23 heavy (non-hydrogen) atoms. The number of aromatic nitrogens is 3. The third-order valence-corrected chi connectivity index (χ3v) is 3.40. The summed E-state index contributed by atoms with van der Waals surface area (Å²) in [7, 11) is 1.83. The van der Waals surface area contributed by atoms with Crippen molar-refractivity contribution in [2.24, 2.45) is 7.05 Å². The molecule has 0 unspecified atom stereocenters. The molecule has 2 heterocycles. The van der Waals surface area contributed by atoms with Crippen molar-refractivity contribution < 1.29 is 9.18 Å². The van der Waals surface area contributed by atoms with Crippen molar-refractivity contribution in [3.63, 3.8) is 0 Å². The van der Waals surface area contributed by atoms with Crippen LogP contribution in [-0.4, -0.2) is 20.7 Å². The second kappa shape index (κ2) is 6.39. The van der Waals surface area contributed by atoms with Gasteiger partial charge < -0.3 is 5.32 Å². The number of pyridine rings is 1. The second-order valence-electron chi connectivity index (χ2n) is 5.11. The van der Waals surface area contributed by atoms with Crippen molar-refractivity contribution in [1.29, 1.82) is 0 Å². The summed E-state index contributed by atoms with van der Waals surface area (Å²) in [5, 5.41) is 6.92. The minimum absolute atomic E-state index is 0.289. The van der Waals surface area contributed by atoms with E-state index in [1.54, 1.807) is 23.1 Å². The lowest BCUT2D eigenvalue weighted by Gasteiger charge is -2.09. The third kappa shape index (κ3) is 3.42. The highest BCUT2D eigenvalue weighted by molar-refractivity contribution is 5.94. The van der Waals surface area contributed by atoms with E-state index in [1.165, 1.54) is 18.2 Å². The molecule has 3 aromatic rings. The molecule has 2 aromatic heterocycles. The number of nitrogens with one attached hydrogen (secondary N) is 1. The summed E-state index contributed by atoms with van der Waals surface area (Å²) < 4.78 is 14.9. The van der Waals surface area contributed by atoms with Crippen LogP contribution in [0.4, 0.5) is 4.39 Å². The van der Waals surface area contributed by atoms with Crippen LogP contribution in [0.3, 0.4) is 0 Å². The van der Waals surface area contributed by atoms with Crippen LogP contribution in [0.25, 0.3) is 11.3 Å². The molecule has 0 radical (unpaired) electrons. The van der Waals surface area contributed by atoms with Crippen LogP contribution in [0.5, 0.6) is 0 Å². The molecule has 0 aliphatic rings. The number of aryl methyl sites for hydroxylation is 1. The van der Waals surface area contributed by atoms with Gasteiger partial charge in [0.25, 0.3) is 5.91 Å². The molecule has 0 saturated heterocycles. The Hall–Kier alpha value is -3.02. The molecule has 116 valence electrons. The zero-order valence-corrected chi connectivity index (χ0v) is 12.5. The van der Waals surface area contributed by atoms with E-state index in [4.69, 9.17) is 0 Å². The van der Waals surface area contributed by atoms with Gasteiger partial charge in [0, 0.05) is 37.1 Å².